The summed E-state index contributed by atoms with van der Waals surface area (Å²) in [5, 5.41) is 6.89. The number of benzene rings is 2. The van der Waals surface area contributed by atoms with Gasteiger partial charge < -0.3 is 10.6 Å². The Bertz CT molecular complexity index is 1130. The molecule has 0 aliphatic rings. The van der Waals surface area contributed by atoms with Crippen LogP contribution >= 0.6 is 23.2 Å². The van der Waals surface area contributed by atoms with E-state index in [1.807, 2.05) is 6.92 Å². The molecule has 0 saturated carbocycles. The molecule has 2 aromatic carbocycles. The smallest absolute Gasteiger partial charge is 0.328 e. The topological polar surface area (TPSA) is 92.2 Å². The first-order valence-electron chi connectivity index (χ1n) is 9.28. The number of carbonyl (C=O) groups excluding carboxylic acids is 3. The molecule has 0 radical (unpaired) electrons. The summed E-state index contributed by atoms with van der Waals surface area (Å²) in [6.07, 6.45) is 0.678. The van der Waals surface area contributed by atoms with Gasteiger partial charge in [-0.1, -0.05) is 36.2 Å². The highest BCUT2D eigenvalue weighted by Crippen LogP contribution is 2.24. The number of halogens is 2. The molecule has 3 rings (SSSR count). The van der Waals surface area contributed by atoms with Crippen molar-refractivity contribution in [1.29, 1.82) is 0 Å². The highest BCUT2D eigenvalue weighted by Gasteiger charge is 2.21. The van der Waals surface area contributed by atoms with Gasteiger partial charge in [0.15, 0.2) is 0 Å². The zero-order valence-electron chi connectivity index (χ0n) is 16.3. The van der Waals surface area contributed by atoms with Crippen LogP contribution in [0.4, 0.5) is 5.69 Å². The molecule has 9 heteroatoms. The van der Waals surface area contributed by atoms with Crippen LogP contribution in [0.1, 0.15) is 30.8 Å². The Morgan fingerprint density at radius 1 is 1.00 bits per heavy atom. The summed E-state index contributed by atoms with van der Waals surface area (Å²) in [7, 11) is 0. The molecular formula is C21H20Cl2N4O3. The molecule has 1 heterocycles. The zero-order valence-corrected chi connectivity index (χ0v) is 17.8. The fraction of sp³-hybridized carbons (Fsp3) is 0.190. The molecule has 0 unspecified atom stereocenters. The van der Waals surface area contributed by atoms with Crippen LogP contribution in [-0.4, -0.2) is 28.4 Å². The van der Waals surface area contributed by atoms with E-state index in [0.29, 0.717) is 33.1 Å². The maximum atomic E-state index is 12.9. The second-order valence-electron chi connectivity index (χ2n) is 6.76. The predicted octanol–water partition coefficient (Wildman–Crippen LogP) is 4.19. The summed E-state index contributed by atoms with van der Waals surface area (Å²) in [5.41, 5.74) is 3.62. The molecule has 0 bridgehead atoms. The Morgan fingerprint density at radius 2 is 1.73 bits per heavy atom. The number of nitrogens with zero attached hydrogens (tertiary/aromatic N) is 1. The lowest BCUT2D eigenvalue weighted by Crippen LogP contribution is -2.43. The van der Waals surface area contributed by atoms with Gasteiger partial charge in [-0.15, -0.1) is 0 Å². The second-order valence-corrected chi connectivity index (χ2v) is 7.63. The third kappa shape index (κ3) is 4.93. The van der Waals surface area contributed by atoms with Gasteiger partial charge in [-0.3, -0.25) is 19.8 Å². The number of nitrogens with one attached hydrogen (secondary N) is 3. The van der Waals surface area contributed by atoms with Gasteiger partial charge >= 0.3 is 11.8 Å². The van der Waals surface area contributed by atoms with Crippen LogP contribution in [0.3, 0.4) is 0 Å². The molecule has 30 heavy (non-hydrogen) atoms. The van der Waals surface area contributed by atoms with Gasteiger partial charge in [0, 0.05) is 27.2 Å². The minimum Gasteiger partial charge on any atom is -0.345 e. The van der Waals surface area contributed by atoms with E-state index < -0.39 is 17.7 Å². The zero-order chi connectivity index (χ0) is 21.8. The van der Waals surface area contributed by atoms with Gasteiger partial charge in [0.05, 0.1) is 5.52 Å². The molecular weight excluding hydrogens is 427 g/mol. The van der Waals surface area contributed by atoms with Crippen LogP contribution in [-0.2, 0) is 9.59 Å². The number of anilines is 1. The van der Waals surface area contributed by atoms with Gasteiger partial charge in [-0.25, -0.2) is 4.68 Å². The van der Waals surface area contributed by atoms with Crippen LogP contribution in [0.5, 0.6) is 0 Å². The van der Waals surface area contributed by atoms with E-state index in [0.717, 1.165) is 0 Å². The minimum atomic E-state index is -0.889. The standard InChI is InChI=1S/C21H20Cl2N4O3/c1-3-12(2)24-20(29)21(30)26-27-17-8-7-15(23)9-13(17)10-18(27)19(28)25-16-6-4-5-14(22)11-16/h4-12H,3H2,1-2H3,(H,24,29)(H,25,28)(H,26,30)/t12-/m0/s1. The summed E-state index contributed by atoms with van der Waals surface area (Å²) < 4.78 is 1.27. The molecule has 0 spiro atoms. The average Bonchev–Trinajstić information content (AvgIpc) is 3.05. The van der Waals surface area contributed by atoms with Crippen LogP contribution in [0.25, 0.3) is 10.9 Å². The molecule has 3 N–H and O–H groups in total. The molecule has 0 saturated heterocycles. The first-order valence-corrected chi connectivity index (χ1v) is 10.0. The quantitative estimate of drug-likeness (QED) is 0.513. The average molecular weight is 447 g/mol. The predicted molar refractivity (Wildman–Crippen MR) is 119 cm³/mol. The van der Waals surface area contributed by atoms with E-state index in [-0.39, 0.29) is 11.7 Å². The van der Waals surface area contributed by atoms with Crippen molar-refractivity contribution in [3.8, 4) is 0 Å². The Hall–Kier alpha value is -3.03. The van der Waals surface area contributed by atoms with Crippen molar-refractivity contribution in [2.24, 2.45) is 0 Å². The van der Waals surface area contributed by atoms with Crippen molar-refractivity contribution in [3.63, 3.8) is 0 Å². The first kappa shape index (κ1) is 21.7. The third-order valence-corrected chi connectivity index (χ3v) is 4.96. The highest BCUT2D eigenvalue weighted by atomic mass is 35.5. The maximum absolute atomic E-state index is 12.9. The number of rotatable bonds is 5. The van der Waals surface area contributed by atoms with Crippen molar-refractivity contribution in [2.45, 2.75) is 26.3 Å². The van der Waals surface area contributed by atoms with Crippen molar-refractivity contribution < 1.29 is 14.4 Å². The molecule has 0 aliphatic carbocycles. The van der Waals surface area contributed by atoms with Gasteiger partial charge in [-0.2, -0.15) is 0 Å². The van der Waals surface area contributed by atoms with Gasteiger partial charge in [0.2, 0.25) is 0 Å². The van der Waals surface area contributed by atoms with Crippen molar-refractivity contribution >= 4 is 57.5 Å². The lowest BCUT2D eigenvalue weighted by molar-refractivity contribution is -0.137. The molecule has 3 amide bonds. The maximum Gasteiger partial charge on any atom is 0.328 e. The molecule has 0 aliphatic heterocycles. The summed E-state index contributed by atoms with van der Waals surface area (Å²) in [6, 6.07) is 13.0. The highest BCUT2D eigenvalue weighted by molar-refractivity contribution is 6.38. The lowest BCUT2D eigenvalue weighted by atomic mass is 10.2. The number of carbonyl (C=O) groups is 3. The van der Waals surface area contributed by atoms with Crippen LogP contribution in [0, 0.1) is 0 Å². The largest absolute Gasteiger partial charge is 0.345 e. The van der Waals surface area contributed by atoms with E-state index in [9.17, 15) is 14.4 Å². The van der Waals surface area contributed by atoms with Crippen molar-refractivity contribution in [3.05, 3.63) is 64.3 Å². The van der Waals surface area contributed by atoms with E-state index in [1.54, 1.807) is 55.5 Å². The summed E-state index contributed by atoms with van der Waals surface area (Å²) >= 11 is 12.0. The van der Waals surface area contributed by atoms with Crippen molar-refractivity contribution in [1.82, 2.24) is 9.99 Å². The van der Waals surface area contributed by atoms with Gasteiger partial charge in [0.1, 0.15) is 5.69 Å². The summed E-state index contributed by atoms with van der Waals surface area (Å²) in [4.78, 5) is 37.5. The first-order chi connectivity index (χ1) is 14.3. The Morgan fingerprint density at radius 3 is 2.43 bits per heavy atom. The van der Waals surface area contributed by atoms with Crippen molar-refractivity contribution in [2.75, 3.05) is 10.7 Å². The second kappa shape index (κ2) is 9.19. The van der Waals surface area contributed by atoms with Crippen LogP contribution in [0.15, 0.2) is 48.5 Å². The van der Waals surface area contributed by atoms with E-state index in [1.165, 1.54) is 4.68 Å². The van der Waals surface area contributed by atoms with Gasteiger partial charge in [0.25, 0.3) is 5.91 Å². The molecule has 7 nitrogen and oxygen atoms in total. The molecule has 1 atom stereocenters. The number of amides is 3. The normalized spacial score (nSPS) is 11.7. The number of aromatic nitrogens is 1. The molecule has 3 aromatic rings. The van der Waals surface area contributed by atoms with Gasteiger partial charge in [-0.05, 0) is 55.8 Å². The summed E-state index contributed by atoms with van der Waals surface area (Å²) in [5.74, 6) is -2.17. The Labute approximate surface area is 183 Å². The van der Waals surface area contributed by atoms with Crippen LogP contribution < -0.4 is 16.1 Å². The number of hydrogen-bond acceptors (Lipinski definition) is 3. The Kier molecular flexibility index (Phi) is 6.64. The van der Waals surface area contributed by atoms with E-state index >= 15 is 0 Å². The van der Waals surface area contributed by atoms with E-state index in [4.69, 9.17) is 23.2 Å². The Balaban J connectivity index is 1.94. The lowest BCUT2D eigenvalue weighted by Gasteiger charge is -2.14. The van der Waals surface area contributed by atoms with E-state index in [2.05, 4.69) is 16.1 Å². The molecule has 156 valence electrons. The van der Waals surface area contributed by atoms with Crippen LogP contribution in [0.2, 0.25) is 10.0 Å². The SMILES string of the molecule is CC[C@H](C)NC(=O)C(=O)Nn1c(C(=O)Nc2cccc(Cl)c2)cc2cc(Cl)ccc21. The molecule has 1 aromatic heterocycles. The fourth-order valence-corrected chi connectivity index (χ4v) is 3.15. The number of fused-ring (bicyclic) bond motifs is 1. The molecule has 0 fully saturated rings. The number of hydrogen-bond donors (Lipinski definition) is 3. The monoisotopic (exact) mass is 446 g/mol. The summed E-state index contributed by atoms with van der Waals surface area (Å²) in [6.45, 7) is 3.69. The minimum absolute atomic E-state index is 0.122. The third-order valence-electron chi connectivity index (χ3n) is 4.49. The fourth-order valence-electron chi connectivity index (χ4n) is 2.78.